The lowest BCUT2D eigenvalue weighted by atomic mass is 10.2. The van der Waals surface area contributed by atoms with Crippen LogP contribution in [0.5, 0.6) is 0 Å². The normalized spacial score (nSPS) is 11.5. The molecule has 1 aromatic heterocycles. The molecule has 0 amide bonds. The van der Waals surface area contributed by atoms with Crippen LogP contribution in [0.2, 0.25) is 0 Å². The van der Waals surface area contributed by atoms with Crippen LogP contribution in [-0.2, 0) is 16.4 Å². The Kier molecular flexibility index (Phi) is 4.66. The maximum Gasteiger partial charge on any atom is 0.270 e. The third-order valence-electron chi connectivity index (χ3n) is 2.83. The van der Waals surface area contributed by atoms with Gasteiger partial charge >= 0.3 is 0 Å². The fourth-order valence-electron chi connectivity index (χ4n) is 1.74. The van der Waals surface area contributed by atoms with E-state index in [2.05, 4.69) is 9.71 Å². The lowest BCUT2D eigenvalue weighted by Crippen LogP contribution is -2.26. The largest absolute Gasteiger partial charge is 0.270 e. The zero-order chi connectivity index (χ0) is 15.5. The van der Waals surface area contributed by atoms with Crippen LogP contribution in [0, 0.1) is 17.0 Å². The first-order chi connectivity index (χ1) is 9.90. The van der Waals surface area contributed by atoms with E-state index < -0.39 is 14.9 Å². The Bertz CT molecular complexity index is 742. The maximum atomic E-state index is 12.2. The first-order valence-corrected chi connectivity index (χ1v) is 8.44. The van der Waals surface area contributed by atoms with E-state index >= 15 is 0 Å². The van der Waals surface area contributed by atoms with Gasteiger partial charge in [0.05, 0.1) is 21.0 Å². The number of non-ortho nitro benzene ring substituents is 1. The fraction of sp³-hybridized carbons (Fsp3) is 0.250. The van der Waals surface area contributed by atoms with Crippen molar-refractivity contribution in [3.63, 3.8) is 0 Å². The van der Waals surface area contributed by atoms with Crippen LogP contribution in [0.4, 0.5) is 5.69 Å². The van der Waals surface area contributed by atoms with Gasteiger partial charge in [0.1, 0.15) is 0 Å². The standard InChI is InChI=1S/C12H13N3O4S2/c1-9-2-3-11(15(16)17)6-12(9)21(18,19)14-5-4-10-7-20-8-13-10/h2-3,6-8,14H,4-5H2,1H3. The number of rotatable bonds is 6. The van der Waals surface area contributed by atoms with Crippen molar-refractivity contribution in [3.8, 4) is 0 Å². The molecule has 0 fully saturated rings. The van der Waals surface area contributed by atoms with Crippen LogP contribution in [0.25, 0.3) is 0 Å². The minimum absolute atomic E-state index is 0.0741. The van der Waals surface area contributed by atoms with Crippen LogP contribution in [0.1, 0.15) is 11.3 Å². The van der Waals surface area contributed by atoms with E-state index in [1.807, 2.05) is 5.38 Å². The summed E-state index contributed by atoms with van der Waals surface area (Å²) in [5, 5.41) is 12.6. The average Bonchev–Trinajstić information content (AvgIpc) is 2.91. The van der Waals surface area contributed by atoms with Crippen molar-refractivity contribution in [2.45, 2.75) is 18.2 Å². The summed E-state index contributed by atoms with van der Waals surface area (Å²) in [5.74, 6) is 0. The predicted octanol–water partition coefficient (Wildman–Crippen LogP) is 1.88. The highest BCUT2D eigenvalue weighted by Crippen LogP contribution is 2.21. The first kappa shape index (κ1) is 15.5. The molecule has 2 aromatic rings. The fourth-order valence-corrected chi connectivity index (χ4v) is 3.63. The van der Waals surface area contributed by atoms with Crippen LogP contribution < -0.4 is 4.72 Å². The molecule has 9 heteroatoms. The van der Waals surface area contributed by atoms with E-state index in [1.54, 1.807) is 12.4 Å². The molecule has 21 heavy (non-hydrogen) atoms. The van der Waals surface area contributed by atoms with Crippen molar-refractivity contribution in [1.29, 1.82) is 0 Å². The molecule has 0 spiro atoms. The highest BCUT2D eigenvalue weighted by Gasteiger charge is 2.20. The topological polar surface area (TPSA) is 102 Å². The van der Waals surface area contributed by atoms with Crippen LogP contribution >= 0.6 is 11.3 Å². The van der Waals surface area contributed by atoms with E-state index in [0.717, 1.165) is 11.8 Å². The zero-order valence-electron chi connectivity index (χ0n) is 11.1. The minimum atomic E-state index is -3.78. The van der Waals surface area contributed by atoms with E-state index in [9.17, 15) is 18.5 Å². The summed E-state index contributed by atoms with van der Waals surface area (Å²) in [6, 6.07) is 3.78. The van der Waals surface area contributed by atoms with Gasteiger partial charge in [-0.2, -0.15) is 0 Å². The van der Waals surface area contributed by atoms with Gasteiger partial charge in [-0.05, 0) is 12.5 Å². The van der Waals surface area contributed by atoms with E-state index in [4.69, 9.17) is 0 Å². The Morgan fingerprint density at radius 2 is 2.19 bits per heavy atom. The summed E-state index contributed by atoms with van der Waals surface area (Å²) < 4.78 is 26.8. The van der Waals surface area contributed by atoms with E-state index in [-0.39, 0.29) is 17.1 Å². The highest BCUT2D eigenvalue weighted by molar-refractivity contribution is 7.89. The van der Waals surface area contributed by atoms with Gasteiger partial charge < -0.3 is 0 Å². The summed E-state index contributed by atoms with van der Waals surface area (Å²) in [4.78, 5) is 14.1. The number of benzene rings is 1. The van der Waals surface area contributed by atoms with Crippen LogP contribution in [0.3, 0.4) is 0 Å². The molecule has 0 unspecified atom stereocenters. The third-order valence-corrected chi connectivity index (χ3v) is 5.07. The van der Waals surface area contributed by atoms with Gasteiger partial charge in [-0.25, -0.2) is 18.1 Å². The summed E-state index contributed by atoms with van der Waals surface area (Å²) in [5.41, 5.74) is 2.69. The molecule has 112 valence electrons. The molecular weight excluding hydrogens is 314 g/mol. The van der Waals surface area contributed by atoms with Gasteiger partial charge in [0.2, 0.25) is 10.0 Å². The summed E-state index contributed by atoms with van der Waals surface area (Å²) in [6.07, 6.45) is 0.469. The Morgan fingerprint density at radius 3 is 2.81 bits per heavy atom. The number of nitro groups is 1. The molecule has 0 aliphatic carbocycles. The van der Waals surface area contributed by atoms with Crippen LogP contribution in [0.15, 0.2) is 34.0 Å². The molecular formula is C12H13N3O4S2. The lowest BCUT2D eigenvalue weighted by Gasteiger charge is -2.08. The Hall–Kier alpha value is -1.84. The number of sulfonamides is 1. The van der Waals surface area contributed by atoms with Gasteiger partial charge in [-0.15, -0.1) is 11.3 Å². The second-order valence-electron chi connectivity index (χ2n) is 4.33. The van der Waals surface area contributed by atoms with Gasteiger partial charge in [0.15, 0.2) is 0 Å². The van der Waals surface area contributed by atoms with E-state index in [1.165, 1.54) is 23.5 Å². The summed E-state index contributed by atoms with van der Waals surface area (Å²) >= 11 is 1.44. The second kappa shape index (κ2) is 6.29. The number of aromatic nitrogens is 1. The lowest BCUT2D eigenvalue weighted by molar-refractivity contribution is -0.385. The Balaban J connectivity index is 2.15. The Labute approximate surface area is 125 Å². The maximum absolute atomic E-state index is 12.2. The van der Waals surface area contributed by atoms with Crippen molar-refractivity contribution in [2.75, 3.05) is 6.54 Å². The molecule has 1 aromatic carbocycles. The van der Waals surface area contributed by atoms with Gasteiger partial charge in [0, 0.05) is 30.5 Å². The molecule has 1 N–H and O–H groups in total. The van der Waals surface area contributed by atoms with Gasteiger partial charge in [-0.3, -0.25) is 10.1 Å². The second-order valence-corrected chi connectivity index (χ2v) is 6.79. The number of nitro benzene ring substituents is 1. The molecule has 0 saturated carbocycles. The number of aryl methyl sites for hydroxylation is 1. The number of hydrogen-bond donors (Lipinski definition) is 1. The molecule has 0 radical (unpaired) electrons. The third kappa shape index (κ3) is 3.84. The number of nitrogens with zero attached hydrogens (tertiary/aromatic N) is 2. The zero-order valence-corrected chi connectivity index (χ0v) is 12.8. The highest BCUT2D eigenvalue weighted by atomic mass is 32.2. The smallest absolute Gasteiger partial charge is 0.258 e. The molecule has 0 aliphatic heterocycles. The molecule has 0 atom stereocenters. The van der Waals surface area contributed by atoms with Gasteiger partial charge in [-0.1, -0.05) is 6.07 Å². The number of hydrogen-bond acceptors (Lipinski definition) is 6. The van der Waals surface area contributed by atoms with Crippen molar-refractivity contribution >= 4 is 27.0 Å². The molecule has 2 rings (SSSR count). The van der Waals surface area contributed by atoms with Crippen molar-refractivity contribution in [3.05, 3.63) is 50.5 Å². The molecule has 0 aliphatic rings. The van der Waals surface area contributed by atoms with Gasteiger partial charge in [0.25, 0.3) is 5.69 Å². The molecule has 0 saturated heterocycles. The van der Waals surface area contributed by atoms with E-state index in [0.29, 0.717) is 12.0 Å². The van der Waals surface area contributed by atoms with Crippen molar-refractivity contribution in [1.82, 2.24) is 9.71 Å². The molecule has 0 bridgehead atoms. The number of thiazole rings is 1. The SMILES string of the molecule is Cc1ccc([N+](=O)[O-])cc1S(=O)(=O)NCCc1cscn1. The Morgan fingerprint density at radius 1 is 1.43 bits per heavy atom. The van der Waals surface area contributed by atoms with Crippen LogP contribution in [-0.4, -0.2) is 24.9 Å². The summed E-state index contributed by atoms with van der Waals surface area (Å²) in [7, 11) is -3.78. The minimum Gasteiger partial charge on any atom is -0.258 e. The summed E-state index contributed by atoms with van der Waals surface area (Å²) in [6.45, 7) is 1.78. The average molecular weight is 327 g/mol. The molecule has 7 nitrogen and oxygen atoms in total. The monoisotopic (exact) mass is 327 g/mol. The molecule has 1 heterocycles. The quantitative estimate of drug-likeness (QED) is 0.644. The van der Waals surface area contributed by atoms with Crippen molar-refractivity contribution < 1.29 is 13.3 Å². The first-order valence-electron chi connectivity index (χ1n) is 6.02. The number of nitrogens with one attached hydrogen (secondary N) is 1. The van der Waals surface area contributed by atoms with Crippen molar-refractivity contribution in [2.24, 2.45) is 0 Å². The predicted molar refractivity (Wildman–Crippen MR) is 78.8 cm³/mol.